The summed E-state index contributed by atoms with van der Waals surface area (Å²) in [5.41, 5.74) is 4.16. The number of rotatable bonds is 10. The first-order valence-electron chi connectivity index (χ1n) is 13.2. The standard InChI is InChI=1S/C30H39N3O2/c1-21(2)35-27-12-7-11-26-29(27)32-28(31-26)13-8-17-33(3)18-16-30(34)20-23-14-15-24(30)19-25(23)22-9-5-4-6-10-22/h4-7,9-12,19,21,23-24,34H,8,13-18,20H2,1-3H3,(H,31,32)/t23-,24+,30-/m1/s1. The average Bonchev–Trinajstić information content (AvgIpc) is 3.27. The number of imidazole rings is 1. The van der Waals surface area contributed by atoms with E-state index in [1.165, 1.54) is 17.6 Å². The molecular weight excluding hydrogens is 434 g/mol. The van der Waals surface area contributed by atoms with E-state index in [9.17, 15) is 5.11 Å². The maximum Gasteiger partial charge on any atom is 0.147 e. The van der Waals surface area contributed by atoms with Gasteiger partial charge in [0.2, 0.25) is 0 Å². The third kappa shape index (κ3) is 5.31. The fourth-order valence-corrected chi connectivity index (χ4v) is 5.97. The Balaban J connectivity index is 1.13. The molecule has 5 nitrogen and oxygen atoms in total. The molecule has 2 bridgehead atoms. The molecule has 0 unspecified atom stereocenters. The average molecular weight is 474 g/mol. The fraction of sp³-hybridized carbons (Fsp3) is 0.500. The summed E-state index contributed by atoms with van der Waals surface area (Å²) in [5.74, 6) is 2.61. The maximum atomic E-state index is 11.5. The van der Waals surface area contributed by atoms with Crippen molar-refractivity contribution in [3.05, 3.63) is 66.0 Å². The lowest BCUT2D eigenvalue weighted by molar-refractivity contribution is -0.0574. The highest BCUT2D eigenvalue weighted by Crippen LogP contribution is 2.51. The topological polar surface area (TPSA) is 61.4 Å². The van der Waals surface area contributed by atoms with Crippen LogP contribution in [-0.4, -0.2) is 51.8 Å². The van der Waals surface area contributed by atoms with Crippen LogP contribution in [0, 0.1) is 11.8 Å². The normalized spacial score (nSPS) is 23.9. The minimum Gasteiger partial charge on any atom is -0.489 e. The van der Waals surface area contributed by atoms with Crippen molar-refractivity contribution < 1.29 is 9.84 Å². The van der Waals surface area contributed by atoms with Gasteiger partial charge in [-0.3, -0.25) is 0 Å². The first-order chi connectivity index (χ1) is 16.9. The first-order valence-corrected chi connectivity index (χ1v) is 13.2. The second-order valence-electron chi connectivity index (χ2n) is 10.8. The number of ether oxygens (including phenoxy) is 1. The summed E-state index contributed by atoms with van der Waals surface area (Å²) >= 11 is 0. The Morgan fingerprint density at radius 1 is 1.11 bits per heavy atom. The van der Waals surface area contributed by atoms with Gasteiger partial charge in [0.05, 0.1) is 17.2 Å². The number of hydrogen-bond acceptors (Lipinski definition) is 4. The van der Waals surface area contributed by atoms with Crippen molar-refractivity contribution in [3.8, 4) is 5.75 Å². The summed E-state index contributed by atoms with van der Waals surface area (Å²) in [6.07, 6.45) is 8.48. The molecule has 1 fully saturated rings. The number of hydrogen-bond donors (Lipinski definition) is 2. The SMILES string of the molecule is CC(C)Oc1cccc2[nH]c(CCCN(C)CC[C@@]3(O)C[C@H]4CC[C@H]3C=C4c3ccccc3)nc12. The number of nitrogens with one attached hydrogen (secondary N) is 1. The van der Waals surface area contributed by atoms with Crippen molar-refractivity contribution in [1.82, 2.24) is 14.9 Å². The van der Waals surface area contributed by atoms with E-state index in [0.29, 0.717) is 5.92 Å². The molecule has 2 aromatic carbocycles. The van der Waals surface area contributed by atoms with Crippen LogP contribution in [0.15, 0.2) is 54.6 Å². The fourth-order valence-electron chi connectivity index (χ4n) is 5.97. The summed E-state index contributed by atoms with van der Waals surface area (Å²) in [6.45, 7) is 5.98. The van der Waals surface area contributed by atoms with Crippen LogP contribution < -0.4 is 4.74 Å². The number of aromatic amines is 1. The second kappa shape index (κ2) is 10.2. The second-order valence-corrected chi connectivity index (χ2v) is 10.8. The molecule has 0 amide bonds. The number of aromatic nitrogens is 2. The van der Waals surface area contributed by atoms with Crippen LogP contribution in [0.2, 0.25) is 0 Å². The number of allylic oxidation sites excluding steroid dienone is 1. The zero-order valence-corrected chi connectivity index (χ0v) is 21.3. The third-order valence-corrected chi connectivity index (χ3v) is 7.81. The smallest absolute Gasteiger partial charge is 0.147 e. The van der Waals surface area contributed by atoms with Crippen LogP contribution >= 0.6 is 0 Å². The van der Waals surface area contributed by atoms with Crippen LogP contribution in [0.5, 0.6) is 5.75 Å². The molecule has 5 heteroatoms. The Kier molecular flexibility index (Phi) is 6.99. The summed E-state index contributed by atoms with van der Waals surface area (Å²) in [7, 11) is 2.17. The van der Waals surface area contributed by atoms with Crippen LogP contribution in [0.1, 0.15) is 57.3 Å². The van der Waals surface area contributed by atoms with Crippen LogP contribution in [0.3, 0.4) is 0 Å². The molecule has 0 spiro atoms. The van der Waals surface area contributed by atoms with Crippen molar-refractivity contribution in [3.63, 3.8) is 0 Å². The molecule has 0 aliphatic heterocycles. The zero-order valence-electron chi connectivity index (χ0n) is 21.3. The lowest BCUT2D eigenvalue weighted by Crippen LogP contribution is -2.48. The summed E-state index contributed by atoms with van der Waals surface area (Å²) in [6, 6.07) is 16.8. The Bertz CT molecular complexity index is 1170. The predicted octanol–water partition coefficient (Wildman–Crippen LogP) is 5.85. The largest absolute Gasteiger partial charge is 0.489 e. The predicted molar refractivity (Wildman–Crippen MR) is 142 cm³/mol. The monoisotopic (exact) mass is 473 g/mol. The highest BCUT2D eigenvalue weighted by molar-refractivity contribution is 5.81. The molecule has 1 aromatic heterocycles. The molecule has 0 radical (unpaired) electrons. The van der Waals surface area contributed by atoms with Crippen molar-refractivity contribution in [2.45, 2.75) is 64.1 Å². The van der Waals surface area contributed by atoms with Crippen molar-refractivity contribution in [2.75, 3.05) is 20.1 Å². The van der Waals surface area contributed by atoms with Gasteiger partial charge in [0.1, 0.15) is 17.1 Å². The lowest BCUT2D eigenvalue weighted by Gasteiger charge is -2.48. The summed E-state index contributed by atoms with van der Waals surface area (Å²) < 4.78 is 5.92. The highest BCUT2D eigenvalue weighted by atomic mass is 16.5. The minimum atomic E-state index is -0.568. The number of aliphatic hydroxyl groups is 1. The first kappa shape index (κ1) is 24.1. The Morgan fingerprint density at radius 3 is 2.69 bits per heavy atom. The molecule has 186 valence electrons. The van der Waals surface area contributed by atoms with E-state index in [4.69, 9.17) is 9.72 Å². The van der Waals surface area contributed by atoms with Gasteiger partial charge in [0, 0.05) is 18.9 Å². The van der Waals surface area contributed by atoms with Crippen molar-refractivity contribution >= 4 is 16.6 Å². The maximum absolute atomic E-state index is 11.5. The number of nitrogens with zero attached hydrogens (tertiary/aromatic N) is 2. The van der Waals surface area contributed by atoms with Gasteiger partial charge in [-0.15, -0.1) is 0 Å². The molecule has 3 atom stereocenters. The van der Waals surface area contributed by atoms with Gasteiger partial charge >= 0.3 is 0 Å². The van der Waals surface area contributed by atoms with E-state index in [1.807, 2.05) is 26.0 Å². The third-order valence-electron chi connectivity index (χ3n) is 7.81. The van der Waals surface area contributed by atoms with Gasteiger partial charge < -0.3 is 19.7 Å². The van der Waals surface area contributed by atoms with E-state index in [2.05, 4.69) is 59.4 Å². The molecule has 3 aliphatic carbocycles. The van der Waals surface area contributed by atoms with E-state index in [0.717, 1.165) is 67.8 Å². The number of aryl methyl sites for hydroxylation is 1. The van der Waals surface area contributed by atoms with Gasteiger partial charge in [-0.1, -0.05) is 42.5 Å². The Hall–Kier alpha value is -2.63. The molecular formula is C30H39N3O2. The van der Waals surface area contributed by atoms with E-state index in [-0.39, 0.29) is 12.0 Å². The number of H-pyrrole nitrogens is 1. The summed E-state index contributed by atoms with van der Waals surface area (Å²) in [4.78, 5) is 10.6. The minimum absolute atomic E-state index is 0.129. The van der Waals surface area contributed by atoms with E-state index >= 15 is 0 Å². The van der Waals surface area contributed by atoms with Gasteiger partial charge in [-0.25, -0.2) is 4.98 Å². The molecule has 1 saturated carbocycles. The van der Waals surface area contributed by atoms with Gasteiger partial charge in [-0.05, 0) is 88.7 Å². The van der Waals surface area contributed by atoms with E-state index < -0.39 is 5.60 Å². The Morgan fingerprint density at radius 2 is 1.94 bits per heavy atom. The number of benzene rings is 2. The highest BCUT2D eigenvalue weighted by Gasteiger charge is 2.46. The Labute approximate surface area is 209 Å². The molecule has 2 N–H and O–H groups in total. The molecule has 0 saturated heterocycles. The molecule has 35 heavy (non-hydrogen) atoms. The van der Waals surface area contributed by atoms with Crippen molar-refractivity contribution in [2.24, 2.45) is 11.8 Å². The van der Waals surface area contributed by atoms with Crippen LogP contribution in [0.4, 0.5) is 0 Å². The van der Waals surface area contributed by atoms with Gasteiger partial charge in [0.15, 0.2) is 0 Å². The van der Waals surface area contributed by atoms with Crippen molar-refractivity contribution in [1.29, 1.82) is 0 Å². The zero-order chi connectivity index (χ0) is 24.4. The van der Waals surface area contributed by atoms with Gasteiger partial charge in [0.25, 0.3) is 0 Å². The number of fused-ring (bicyclic) bond motifs is 3. The number of para-hydroxylation sites is 1. The summed E-state index contributed by atoms with van der Waals surface area (Å²) in [5, 5.41) is 11.5. The molecule has 6 rings (SSSR count). The van der Waals surface area contributed by atoms with Gasteiger partial charge in [-0.2, -0.15) is 0 Å². The van der Waals surface area contributed by atoms with E-state index in [1.54, 1.807) is 0 Å². The lowest BCUT2D eigenvalue weighted by atomic mass is 9.61. The molecule has 1 heterocycles. The quantitative estimate of drug-likeness (QED) is 0.388. The molecule has 3 aromatic rings. The van der Waals surface area contributed by atoms with Crippen LogP contribution in [0.25, 0.3) is 16.6 Å². The molecule has 3 aliphatic rings. The van der Waals surface area contributed by atoms with Crippen LogP contribution in [-0.2, 0) is 6.42 Å².